The molecule has 130 valence electrons. The Morgan fingerprint density at radius 3 is 2.71 bits per heavy atom. The number of benzene rings is 1. The summed E-state index contributed by atoms with van der Waals surface area (Å²) in [5.74, 6) is 0.412. The molecule has 1 aromatic carbocycles. The molecule has 4 nitrogen and oxygen atoms in total. The molecule has 1 unspecified atom stereocenters. The molecule has 2 aliphatic rings. The van der Waals surface area contributed by atoms with Crippen LogP contribution in [-0.4, -0.2) is 35.9 Å². The topological polar surface area (TPSA) is 48.1 Å². The van der Waals surface area contributed by atoms with Crippen LogP contribution in [0.15, 0.2) is 18.2 Å². The van der Waals surface area contributed by atoms with Crippen LogP contribution in [-0.2, 0) is 17.6 Å². The van der Waals surface area contributed by atoms with Gasteiger partial charge in [0.15, 0.2) is 0 Å². The maximum Gasteiger partial charge on any atom is 0.227 e. The average Bonchev–Trinajstić information content (AvgIpc) is 2.82. The molecular formula is C19H26BrN3O. The monoisotopic (exact) mass is 391 g/mol. The van der Waals surface area contributed by atoms with Gasteiger partial charge in [0, 0.05) is 34.2 Å². The predicted octanol–water partition coefficient (Wildman–Crippen LogP) is 3.90. The minimum absolute atomic E-state index is 0. The highest BCUT2D eigenvalue weighted by molar-refractivity contribution is 8.93. The van der Waals surface area contributed by atoms with Crippen LogP contribution in [0.3, 0.4) is 0 Å². The third-order valence-corrected chi connectivity index (χ3v) is 5.64. The molecule has 24 heavy (non-hydrogen) atoms. The quantitative estimate of drug-likeness (QED) is 0.832. The number of rotatable bonds is 3. The van der Waals surface area contributed by atoms with Crippen LogP contribution in [0.25, 0.3) is 10.9 Å². The largest absolute Gasteiger partial charge is 0.358 e. The highest BCUT2D eigenvalue weighted by atomic mass is 79.9. The van der Waals surface area contributed by atoms with Gasteiger partial charge in [-0.15, -0.1) is 17.0 Å². The van der Waals surface area contributed by atoms with Crippen LogP contribution in [0.4, 0.5) is 5.69 Å². The lowest BCUT2D eigenvalue weighted by atomic mass is 9.85. The number of nitrogens with one attached hydrogen (secondary N) is 2. The van der Waals surface area contributed by atoms with E-state index in [2.05, 4.69) is 41.4 Å². The number of hydrogen-bond donors (Lipinski definition) is 2. The van der Waals surface area contributed by atoms with E-state index < -0.39 is 0 Å². The van der Waals surface area contributed by atoms with Crippen LogP contribution in [0.5, 0.6) is 0 Å². The standard InChI is InChI=1S/C19H25N3O.BrH/c1-22(2)14-7-9-18-16(11-14)15-10-13(6-8-17(15)21-18)20-19(23)12-4-3-5-12;/h6,8,10,12,14,21H,3-5,7,9,11H2,1-2H3,(H,20,23);1H. The molecule has 0 aliphatic heterocycles. The van der Waals surface area contributed by atoms with Gasteiger partial charge in [-0.05, 0) is 70.0 Å². The van der Waals surface area contributed by atoms with Crippen molar-refractivity contribution >= 4 is 39.5 Å². The molecule has 1 fully saturated rings. The summed E-state index contributed by atoms with van der Waals surface area (Å²) < 4.78 is 0. The number of nitrogens with zero attached hydrogens (tertiary/aromatic N) is 1. The van der Waals surface area contributed by atoms with Crippen molar-refractivity contribution in [2.75, 3.05) is 19.4 Å². The Hall–Kier alpha value is -1.33. The zero-order valence-corrected chi connectivity index (χ0v) is 16.1. The van der Waals surface area contributed by atoms with E-state index in [0.29, 0.717) is 6.04 Å². The number of carbonyl (C=O) groups is 1. The first-order valence-electron chi connectivity index (χ1n) is 8.72. The fourth-order valence-electron chi connectivity index (χ4n) is 3.83. The van der Waals surface area contributed by atoms with Crippen molar-refractivity contribution < 1.29 is 4.79 Å². The minimum Gasteiger partial charge on any atom is -0.358 e. The van der Waals surface area contributed by atoms with Gasteiger partial charge in [-0.2, -0.15) is 0 Å². The lowest BCUT2D eigenvalue weighted by Gasteiger charge is -2.28. The summed E-state index contributed by atoms with van der Waals surface area (Å²) in [6.07, 6.45) is 6.67. The third-order valence-electron chi connectivity index (χ3n) is 5.64. The van der Waals surface area contributed by atoms with Crippen LogP contribution >= 0.6 is 17.0 Å². The number of anilines is 1. The lowest BCUT2D eigenvalue weighted by Crippen LogP contribution is -2.33. The predicted molar refractivity (Wildman–Crippen MR) is 104 cm³/mol. The number of likely N-dealkylation sites (N-methyl/N-ethyl adjacent to an activating group) is 1. The van der Waals surface area contributed by atoms with E-state index in [-0.39, 0.29) is 28.8 Å². The highest BCUT2D eigenvalue weighted by Crippen LogP contribution is 2.33. The summed E-state index contributed by atoms with van der Waals surface area (Å²) in [4.78, 5) is 18.1. The van der Waals surface area contributed by atoms with Gasteiger partial charge in [0.25, 0.3) is 0 Å². The molecular weight excluding hydrogens is 366 g/mol. The van der Waals surface area contributed by atoms with Crippen molar-refractivity contribution in [2.24, 2.45) is 5.92 Å². The number of fused-ring (bicyclic) bond motifs is 3. The number of amides is 1. The van der Waals surface area contributed by atoms with E-state index in [0.717, 1.165) is 31.4 Å². The van der Waals surface area contributed by atoms with Gasteiger partial charge in [-0.1, -0.05) is 6.42 Å². The number of aromatic nitrogens is 1. The van der Waals surface area contributed by atoms with E-state index in [1.165, 1.54) is 35.0 Å². The summed E-state index contributed by atoms with van der Waals surface area (Å²) in [7, 11) is 4.32. The first-order valence-corrected chi connectivity index (χ1v) is 8.72. The van der Waals surface area contributed by atoms with Crippen LogP contribution in [0, 0.1) is 5.92 Å². The van der Waals surface area contributed by atoms with E-state index in [4.69, 9.17) is 0 Å². The van der Waals surface area contributed by atoms with Crippen molar-refractivity contribution in [1.82, 2.24) is 9.88 Å². The van der Waals surface area contributed by atoms with Crippen LogP contribution in [0.1, 0.15) is 36.9 Å². The van der Waals surface area contributed by atoms with Gasteiger partial charge in [0.1, 0.15) is 0 Å². The number of halogens is 1. The maximum absolute atomic E-state index is 12.2. The van der Waals surface area contributed by atoms with E-state index in [1.54, 1.807) is 0 Å². The van der Waals surface area contributed by atoms with Crippen LogP contribution in [0.2, 0.25) is 0 Å². The molecule has 0 saturated heterocycles. The Balaban J connectivity index is 0.00000169. The summed E-state index contributed by atoms with van der Waals surface area (Å²) >= 11 is 0. The summed E-state index contributed by atoms with van der Waals surface area (Å²) in [6.45, 7) is 0. The fourth-order valence-corrected chi connectivity index (χ4v) is 3.83. The SMILES string of the molecule is Br.CN(C)C1CCc2[nH]c3ccc(NC(=O)C4CCC4)cc3c2C1. The van der Waals surface area contributed by atoms with Gasteiger partial charge in [-0.25, -0.2) is 0 Å². The van der Waals surface area contributed by atoms with Gasteiger partial charge in [0.05, 0.1) is 0 Å². The molecule has 2 aromatic rings. The molecule has 1 amide bonds. The Kier molecular flexibility index (Phi) is 5.02. The van der Waals surface area contributed by atoms with Gasteiger partial charge < -0.3 is 15.2 Å². The number of carbonyl (C=O) groups excluding carboxylic acids is 1. The second kappa shape index (κ2) is 6.89. The van der Waals surface area contributed by atoms with E-state index in [9.17, 15) is 4.79 Å². The van der Waals surface area contributed by atoms with Crippen molar-refractivity contribution in [3.8, 4) is 0 Å². The maximum atomic E-state index is 12.2. The molecule has 0 radical (unpaired) electrons. The van der Waals surface area contributed by atoms with Gasteiger partial charge >= 0.3 is 0 Å². The second-order valence-electron chi connectivity index (χ2n) is 7.32. The molecule has 1 heterocycles. The smallest absolute Gasteiger partial charge is 0.227 e. The van der Waals surface area contributed by atoms with Crippen molar-refractivity contribution in [2.45, 2.75) is 44.6 Å². The Bertz CT molecular complexity index is 748. The second-order valence-corrected chi connectivity index (χ2v) is 7.32. The van der Waals surface area contributed by atoms with Crippen LogP contribution < -0.4 is 5.32 Å². The summed E-state index contributed by atoms with van der Waals surface area (Å²) in [5.41, 5.74) is 4.93. The molecule has 1 atom stereocenters. The summed E-state index contributed by atoms with van der Waals surface area (Å²) in [6, 6.07) is 6.88. The molecule has 4 rings (SSSR count). The van der Waals surface area contributed by atoms with Gasteiger partial charge in [0.2, 0.25) is 5.91 Å². The Morgan fingerprint density at radius 1 is 1.25 bits per heavy atom. The van der Waals surface area contributed by atoms with Crippen molar-refractivity contribution in [3.63, 3.8) is 0 Å². The molecule has 2 N–H and O–H groups in total. The minimum atomic E-state index is 0. The first kappa shape index (κ1) is 17.5. The number of aryl methyl sites for hydroxylation is 1. The molecule has 0 spiro atoms. The number of hydrogen-bond acceptors (Lipinski definition) is 2. The van der Waals surface area contributed by atoms with E-state index >= 15 is 0 Å². The average molecular weight is 392 g/mol. The highest BCUT2D eigenvalue weighted by Gasteiger charge is 2.26. The molecule has 1 saturated carbocycles. The normalized spacial score (nSPS) is 20.4. The molecule has 0 bridgehead atoms. The first-order chi connectivity index (χ1) is 11.1. The lowest BCUT2D eigenvalue weighted by molar-refractivity contribution is -0.122. The summed E-state index contributed by atoms with van der Waals surface area (Å²) in [5, 5.41) is 4.38. The zero-order chi connectivity index (χ0) is 16.0. The third kappa shape index (κ3) is 3.11. The van der Waals surface area contributed by atoms with E-state index in [1.807, 2.05) is 6.07 Å². The molecule has 2 aliphatic carbocycles. The van der Waals surface area contributed by atoms with Gasteiger partial charge in [-0.3, -0.25) is 4.79 Å². The number of aromatic amines is 1. The number of H-pyrrole nitrogens is 1. The Morgan fingerprint density at radius 2 is 2.04 bits per heavy atom. The Labute approximate surface area is 153 Å². The zero-order valence-electron chi connectivity index (χ0n) is 14.4. The van der Waals surface area contributed by atoms with Crippen molar-refractivity contribution in [1.29, 1.82) is 0 Å². The van der Waals surface area contributed by atoms with Crippen molar-refractivity contribution in [3.05, 3.63) is 29.5 Å². The molecule has 1 aromatic heterocycles. The molecule has 5 heteroatoms. The fraction of sp³-hybridized carbons (Fsp3) is 0.526.